The third kappa shape index (κ3) is 1.15. The summed E-state index contributed by atoms with van der Waals surface area (Å²) in [6.07, 6.45) is 6.77. The van der Waals surface area contributed by atoms with Gasteiger partial charge in [-0.1, -0.05) is 12.2 Å². The number of hydrogen-bond acceptors (Lipinski definition) is 1. The fraction of sp³-hybridized carbons (Fsp3) is 0.700. The van der Waals surface area contributed by atoms with Gasteiger partial charge in [0.1, 0.15) is 0 Å². The van der Waals surface area contributed by atoms with Gasteiger partial charge in [-0.2, -0.15) is 0 Å². The number of rotatable bonds is 2. The molecule has 0 saturated heterocycles. The van der Waals surface area contributed by atoms with Gasteiger partial charge in [0.25, 0.3) is 0 Å². The summed E-state index contributed by atoms with van der Waals surface area (Å²) in [6, 6.07) is 0. The molecule has 2 bridgehead atoms. The molecule has 0 unspecified atom stereocenters. The van der Waals surface area contributed by atoms with Crippen LogP contribution < -0.4 is 5.32 Å². The average Bonchev–Trinajstić information content (AvgIpc) is 2.64. The second-order valence-electron chi connectivity index (χ2n) is 3.78. The molecule has 12 heavy (non-hydrogen) atoms. The molecule has 2 nitrogen and oxygen atoms in total. The standard InChI is InChI=1S/C10H15NO/c1-2-11-10(12)9-6-7-3-4-8(9)5-7/h3-4,7-9H,2,5-6H2,1H3,(H,11,12)/t7-,8+,9-/m1/s1. The fourth-order valence-corrected chi connectivity index (χ4v) is 2.39. The van der Waals surface area contributed by atoms with Crippen molar-refractivity contribution in [3.05, 3.63) is 12.2 Å². The molecule has 2 heteroatoms. The zero-order valence-electron chi connectivity index (χ0n) is 7.42. The molecule has 0 spiro atoms. The van der Waals surface area contributed by atoms with E-state index in [1.165, 1.54) is 6.42 Å². The van der Waals surface area contributed by atoms with Crippen LogP contribution in [0.1, 0.15) is 19.8 Å². The van der Waals surface area contributed by atoms with Gasteiger partial charge >= 0.3 is 0 Å². The molecule has 0 aromatic heterocycles. The monoisotopic (exact) mass is 165 g/mol. The van der Waals surface area contributed by atoms with Gasteiger partial charge in [0, 0.05) is 12.5 Å². The molecule has 1 saturated carbocycles. The average molecular weight is 165 g/mol. The minimum atomic E-state index is 0.259. The van der Waals surface area contributed by atoms with E-state index in [0.29, 0.717) is 11.8 Å². The summed E-state index contributed by atoms with van der Waals surface area (Å²) in [5, 5.41) is 2.90. The Morgan fingerprint density at radius 3 is 2.83 bits per heavy atom. The Morgan fingerprint density at radius 1 is 1.50 bits per heavy atom. The second-order valence-corrected chi connectivity index (χ2v) is 3.78. The summed E-state index contributed by atoms with van der Waals surface area (Å²) in [5.41, 5.74) is 0. The van der Waals surface area contributed by atoms with E-state index in [-0.39, 0.29) is 11.8 Å². The number of fused-ring (bicyclic) bond motifs is 2. The largest absolute Gasteiger partial charge is 0.356 e. The summed E-state index contributed by atoms with van der Waals surface area (Å²) < 4.78 is 0. The Labute approximate surface area is 73.0 Å². The van der Waals surface area contributed by atoms with Crippen LogP contribution in [0.25, 0.3) is 0 Å². The lowest BCUT2D eigenvalue weighted by atomic mass is 9.93. The molecular weight excluding hydrogens is 150 g/mol. The molecule has 1 amide bonds. The molecule has 2 rings (SSSR count). The summed E-state index contributed by atoms with van der Waals surface area (Å²) in [4.78, 5) is 11.5. The van der Waals surface area contributed by atoms with Crippen LogP contribution in [0.3, 0.4) is 0 Å². The Bertz CT molecular complexity index is 222. The van der Waals surface area contributed by atoms with Gasteiger partial charge in [-0.3, -0.25) is 4.79 Å². The molecule has 0 radical (unpaired) electrons. The predicted octanol–water partition coefficient (Wildman–Crippen LogP) is 1.33. The van der Waals surface area contributed by atoms with Crippen molar-refractivity contribution >= 4 is 5.91 Å². The van der Waals surface area contributed by atoms with E-state index in [4.69, 9.17) is 0 Å². The summed E-state index contributed by atoms with van der Waals surface area (Å²) >= 11 is 0. The van der Waals surface area contributed by atoms with Gasteiger partial charge in [-0.15, -0.1) is 0 Å². The van der Waals surface area contributed by atoms with Crippen LogP contribution in [-0.2, 0) is 4.79 Å². The van der Waals surface area contributed by atoms with Gasteiger partial charge < -0.3 is 5.32 Å². The maximum Gasteiger partial charge on any atom is 0.223 e. The summed E-state index contributed by atoms with van der Waals surface area (Å²) in [6.45, 7) is 2.73. The van der Waals surface area contributed by atoms with Crippen molar-refractivity contribution < 1.29 is 4.79 Å². The molecule has 0 aromatic carbocycles. The second kappa shape index (κ2) is 2.92. The third-order valence-electron chi connectivity index (χ3n) is 2.97. The highest BCUT2D eigenvalue weighted by Crippen LogP contribution is 2.43. The maximum absolute atomic E-state index is 11.5. The smallest absolute Gasteiger partial charge is 0.223 e. The van der Waals surface area contributed by atoms with Crippen LogP contribution in [0.15, 0.2) is 12.2 Å². The minimum absolute atomic E-state index is 0.259. The van der Waals surface area contributed by atoms with Crippen LogP contribution in [0.2, 0.25) is 0 Å². The minimum Gasteiger partial charge on any atom is -0.356 e. The first kappa shape index (κ1) is 7.84. The lowest BCUT2D eigenvalue weighted by Gasteiger charge is -2.16. The van der Waals surface area contributed by atoms with Crippen molar-refractivity contribution in [3.8, 4) is 0 Å². The van der Waals surface area contributed by atoms with E-state index in [1.807, 2.05) is 6.92 Å². The zero-order valence-corrected chi connectivity index (χ0v) is 7.42. The SMILES string of the molecule is CCNC(=O)[C@@H]1C[C@@H]2C=C[C@H]1C2. The van der Waals surface area contributed by atoms with Crippen LogP contribution in [0.5, 0.6) is 0 Å². The summed E-state index contributed by atoms with van der Waals surface area (Å²) in [5.74, 6) is 1.78. The molecule has 2 aliphatic rings. The van der Waals surface area contributed by atoms with Crippen molar-refractivity contribution in [1.29, 1.82) is 0 Å². The Hall–Kier alpha value is -0.790. The molecule has 0 aromatic rings. The number of carbonyl (C=O) groups is 1. The topological polar surface area (TPSA) is 29.1 Å². The van der Waals surface area contributed by atoms with Crippen LogP contribution in [-0.4, -0.2) is 12.5 Å². The highest BCUT2D eigenvalue weighted by Gasteiger charge is 2.39. The molecule has 1 fully saturated rings. The van der Waals surface area contributed by atoms with Gasteiger partial charge in [0.05, 0.1) is 0 Å². The normalized spacial score (nSPS) is 37.2. The zero-order chi connectivity index (χ0) is 8.55. The highest BCUT2D eigenvalue weighted by molar-refractivity contribution is 5.79. The number of allylic oxidation sites excluding steroid dienone is 2. The van der Waals surface area contributed by atoms with E-state index in [9.17, 15) is 4.79 Å². The number of nitrogens with one attached hydrogen (secondary N) is 1. The fourth-order valence-electron chi connectivity index (χ4n) is 2.39. The number of amides is 1. The number of hydrogen-bond donors (Lipinski definition) is 1. The van der Waals surface area contributed by atoms with Crippen LogP contribution in [0.4, 0.5) is 0 Å². The van der Waals surface area contributed by atoms with Gasteiger partial charge in [-0.05, 0) is 31.6 Å². The molecule has 1 N–H and O–H groups in total. The molecular formula is C10H15NO. The lowest BCUT2D eigenvalue weighted by Crippen LogP contribution is -2.32. The number of carbonyl (C=O) groups excluding carboxylic acids is 1. The third-order valence-corrected chi connectivity index (χ3v) is 2.97. The molecule has 2 aliphatic carbocycles. The molecule has 0 heterocycles. The molecule has 0 aliphatic heterocycles. The van der Waals surface area contributed by atoms with Crippen molar-refractivity contribution in [2.24, 2.45) is 17.8 Å². The maximum atomic E-state index is 11.5. The Morgan fingerprint density at radius 2 is 2.33 bits per heavy atom. The lowest BCUT2D eigenvalue weighted by molar-refractivity contribution is -0.125. The Kier molecular flexibility index (Phi) is 1.91. The van der Waals surface area contributed by atoms with Gasteiger partial charge in [0.2, 0.25) is 5.91 Å². The predicted molar refractivity (Wildman–Crippen MR) is 47.5 cm³/mol. The van der Waals surface area contributed by atoms with E-state index in [1.54, 1.807) is 0 Å². The first-order valence-electron chi connectivity index (χ1n) is 4.77. The van der Waals surface area contributed by atoms with Crippen LogP contribution in [0, 0.1) is 17.8 Å². The highest BCUT2D eigenvalue weighted by atomic mass is 16.1. The van der Waals surface area contributed by atoms with Crippen molar-refractivity contribution in [2.45, 2.75) is 19.8 Å². The van der Waals surface area contributed by atoms with Crippen LogP contribution >= 0.6 is 0 Å². The van der Waals surface area contributed by atoms with E-state index in [2.05, 4.69) is 17.5 Å². The first-order chi connectivity index (χ1) is 5.81. The van der Waals surface area contributed by atoms with E-state index >= 15 is 0 Å². The quantitative estimate of drug-likeness (QED) is 0.614. The summed E-state index contributed by atoms with van der Waals surface area (Å²) in [7, 11) is 0. The van der Waals surface area contributed by atoms with Gasteiger partial charge in [0.15, 0.2) is 0 Å². The van der Waals surface area contributed by atoms with Crippen molar-refractivity contribution in [3.63, 3.8) is 0 Å². The van der Waals surface area contributed by atoms with Gasteiger partial charge in [-0.25, -0.2) is 0 Å². The van der Waals surface area contributed by atoms with Crippen molar-refractivity contribution in [2.75, 3.05) is 6.54 Å². The van der Waals surface area contributed by atoms with E-state index < -0.39 is 0 Å². The van der Waals surface area contributed by atoms with Crippen molar-refractivity contribution in [1.82, 2.24) is 5.32 Å². The Balaban J connectivity index is 1.98. The van der Waals surface area contributed by atoms with E-state index in [0.717, 1.165) is 13.0 Å². The molecule has 3 atom stereocenters. The first-order valence-corrected chi connectivity index (χ1v) is 4.77. The molecule has 66 valence electrons.